The summed E-state index contributed by atoms with van der Waals surface area (Å²) in [7, 11) is 4.20. The van der Waals surface area contributed by atoms with E-state index in [-0.39, 0.29) is 11.8 Å². The number of H-pyrrole nitrogens is 1. The van der Waals surface area contributed by atoms with Crippen molar-refractivity contribution in [2.45, 2.75) is 31.7 Å². The number of rotatable bonds is 5. The SMILES string of the molecule is CN(C)C1CCCC(C(=O)Nc2ccc3[nH]nc(Nc4cccc5ccccc45)c3c2)C1. The molecule has 0 saturated heterocycles. The maximum atomic E-state index is 13.0. The second-order valence-corrected chi connectivity index (χ2v) is 8.95. The fourth-order valence-corrected chi connectivity index (χ4v) is 4.76. The van der Waals surface area contributed by atoms with Crippen LogP contribution in [0.15, 0.2) is 60.7 Å². The average molecular weight is 428 g/mol. The van der Waals surface area contributed by atoms with Gasteiger partial charge in [0, 0.05) is 34.1 Å². The highest BCUT2D eigenvalue weighted by atomic mass is 16.1. The van der Waals surface area contributed by atoms with Crippen LogP contribution in [0.3, 0.4) is 0 Å². The van der Waals surface area contributed by atoms with Crippen molar-refractivity contribution in [1.29, 1.82) is 0 Å². The first-order valence-electron chi connectivity index (χ1n) is 11.3. The number of amides is 1. The number of hydrogen-bond donors (Lipinski definition) is 3. The maximum Gasteiger partial charge on any atom is 0.227 e. The Bertz CT molecular complexity index is 1260. The molecular formula is C26H29N5O. The molecule has 0 bridgehead atoms. The lowest BCUT2D eigenvalue weighted by Crippen LogP contribution is -2.37. The van der Waals surface area contributed by atoms with Crippen LogP contribution in [0, 0.1) is 5.92 Å². The molecule has 1 aliphatic carbocycles. The zero-order valence-corrected chi connectivity index (χ0v) is 18.6. The first-order valence-corrected chi connectivity index (χ1v) is 11.3. The highest BCUT2D eigenvalue weighted by molar-refractivity contribution is 6.01. The summed E-state index contributed by atoms with van der Waals surface area (Å²) in [6.45, 7) is 0. The van der Waals surface area contributed by atoms with E-state index in [9.17, 15) is 4.79 Å². The van der Waals surface area contributed by atoms with Crippen LogP contribution in [0.1, 0.15) is 25.7 Å². The summed E-state index contributed by atoms with van der Waals surface area (Å²) < 4.78 is 0. The molecule has 5 rings (SSSR count). The van der Waals surface area contributed by atoms with Crippen LogP contribution < -0.4 is 10.6 Å². The van der Waals surface area contributed by atoms with Gasteiger partial charge in [0.15, 0.2) is 5.82 Å². The summed E-state index contributed by atoms with van der Waals surface area (Å²) in [4.78, 5) is 15.2. The van der Waals surface area contributed by atoms with Gasteiger partial charge in [-0.25, -0.2) is 0 Å². The maximum absolute atomic E-state index is 13.0. The highest BCUT2D eigenvalue weighted by Crippen LogP contribution is 2.31. The summed E-state index contributed by atoms with van der Waals surface area (Å²) in [6.07, 6.45) is 4.14. The van der Waals surface area contributed by atoms with Crippen LogP contribution >= 0.6 is 0 Å². The van der Waals surface area contributed by atoms with E-state index in [4.69, 9.17) is 0 Å². The summed E-state index contributed by atoms with van der Waals surface area (Å²) >= 11 is 0. The topological polar surface area (TPSA) is 73.0 Å². The van der Waals surface area contributed by atoms with E-state index in [0.29, 0.717) is 6.04 Å². The molecule has 3 aromatic carbocycles. The quantitative estimate of drug-likeness (QED) is 0.392. The van der Waals surface area contributed by atoms with Gasteiger partial charge in [0.2, 0.25) is 5.91 Å². The first-order chi connectivity index (χ1) is 15.6. The van der Waals surface area contributed by atoms with Crippen molar-refractivity contribution in [3.05, 3.63) is 60.7 Å². The lowest BCUT2D eigenvalue weighted by Gasteiger charge is -2.32. The van der Waals surface area contributed by atoms with Crippen LogP contribution in [-0.4, -0.2) is 41.1 Å². The zero-order valence-electron chi connectivity index (χ0n) is 18.6. The third-order valence-electron chi connectivity index (χ3n) is 6.62. The third-order valence-corrected chi connectivity index (χ3v) is 6.62. The molecule has 164 valence electrons. The second kappa shape index (κ2) is 8.63. The molecule has 1 aromatic heterocycles. The van der Waals surface area contributed by atoms with Crippen molar-refractivity contribution in [3.8, 4) is 0 Å². The third kappa shape index (κ3) is 4.06. The van der Waals surface area contributed by atoms with Crippen LogP contribution in [-0.2, 0) is 4.79 Å². The Kier molecular flexibility index (Phi) is 5.53. The van der Waals surface area contributed by atoms with Crippen LogP contribution in [0.5, 0.6) is 0 Å². The summed E-state index contributed by atoms with van der Waals surface area (Å²) in [5.74, 6) is 0.922. The number of nitrogens with zero attached hydrogens (tertiary/aromatic N) is 2. The minimum Gasteiger partial charge on any atom is -0.338 e. The first kappa shape index (κ1) is 20.5. The van der Waals surface area contributed by atoms with Gasteiger partial charge in [0.25, 0.3) is 0 Å². The van der Waals surface area contributed by atoms with Gasteiger partial charge >= 0.3 is 0 Å². The second-order valence-electron chi connectivity index (χ2n) is 8.95. The number of benzene rings is 3. The summed E-state index contributed by atoms with van der Waals surface area (Å²) in [5, 5.41) is 17.5. The molecule has 0 radical (unpaired) electrons. The number of carbonyl (C=O) groups excluding carboxylic acids is 1. The molecule has 3 N–H and O–H groups in total. The molecule has 1 fully saturated rings. The Balaban J connectivity index is 1.37. The molecule has 1 aliphatic rings. The van der Waals surface area contributed by atoms with Crippen molar-refractivity contribution in [1.82, 2.24) is 15.1 Å². The molecule has 4 aromatic rings. The average Bonchev–Trinajstić information content (AvgIpc) is 3.21. The fourth-order valence-electron chi connectivity index (χ4n) is 4.76. The molecule has 0 aliphatic heterocycles. The van der Waals surface area contributed by atoms with E-state index >= 15 is 0 Å². The molecule has 32 heavy (non-hydrogen) atoms. The zero-order chi connectivity index (χ0) is 22.1. The summed E-state index contributed by atoms with van der Waals surface area (Å²) in [6, 6.07) is 20.9. The molecule has 1 saturated carbocycles. The van der Waals surface area contributed by atoms with E-state index < -0.39 is 0 Å². The van der Waals surface area contributed by atoms with E-state index in [1.54, 1.807) is 0 Å². The largest absolute Gasteiger partial charge is 0.338 e. The Morgan fingerprint density at radius 3 is 2.75 bits per heavy atom. The van der Waals surface area contributed by atoms with Gasteiger partial charge in [-0.15, -0.1) is 0 Å². The molecule has 1 amide bonds. The van der Waals surface area contributed by atoms with Crippen molar-refractivity contribution in [2.75, 3.05) is 24.7 Å². The van der Waals surface area contributed by atoms with Crippen LogP contribution in [0.2, 0.25) is 0 Å². The van der Waals surface area contributed by atoms with Gasteiger partial charge in [0.1, 0.15) is 0 Å². The number of carbonyl (C=O) groups is 1. The van der Waals surface area contributed by atoms with Gasteiger partial charge in [0.05, 0.1) is 5.52 Å². The highest BCUT2D eigenvalue weighted by Gasteiger charge is 2.28. The number of aromatic nitrogens is 2. The molecule has 2 unspecified atom stereocenters. The van der Waals surface area contributed by atoms with Crippen molar-refractivity contribution < 1.29 is 4.79 Å². The number of nitrogens with one attached hydrogen (secondary N) is 3. The fraction of sp³-hybridized carbons (Fsp3) is 0.308. The summed E-state index contributed by atoms with van der Waals surface area (Å²) in [5.41, 5.74) is 2.73. The lowest BCUT2D eigenvalue weighted by atomic mass is 9.84. The lowest BCUT2D eigenvalue weighted by molar-refractivity contribution is -0.121. The predicted molar refractivity (Wildman–Crippen MR) is 131 cm³/mol. The van der Waals surface area contributed by atoms with E-state index in [2.05, 4.69) is 64.1 Å². The van der Waals surface area contributed by atoms with Gasteiger partial charge in [-0.1, -0.05) is 42.8 Å². The minimum absolute atomic E-state index is 0.0597. The number of hydrogen-bond acceptors (Lipinski definition) is 4. The van der Waals surface area contributed by atoms with Gasteiger partial charge in [-0.3, -0.25) is 9.89 Å². The van der Waals surface area contributed by atoms with E-state index in [1.807, 2.05) is 36.4 Å². The van der Waals surface area contributed by atoms with Crippen molar-refractivity contribution >= 4 is 44.8 Å². The van der Waals surface area contributed by atoms with Crippen molar-refractivity contribution in [2.24, 2.45) is 5.92 Å². The Morgan fingerprint density at radius 2 is 1.88 bits per heavy atom. The number of anilines is 3. The minimum atomic E-state index is 0.0597. The monoisotopic (exact) mass is 427 g/mol. The van der Waals surface area contributed by atoms with Crippen LogP contribution in [0.25, 0.3) is 21.7 Å². The Labute approximate surface area is 188 Å². The Hall–Kier alpha value is -3.38. The van der Waals surface area contributed by atoms with E-state index in [0.717, 1.165) is 52.7 Å². The Morgan fingerprint density at radius 1 is 1.03 bits per heavy atom. The molecule has 1 heterocycles. The standard InChI is InChI=1S/C26H29N5O/c1-31(2)20-10-5-9-18(15-20)26(32)27-19-13-14-24-22(16-19)25(30-29-24)28-23-12-6-8-17-7-3-4-11-21(17)23/h3-4,6-8,11-14,16,18,20H,5,9-10,15H2,1-2H3,(H,27,32)(H2,28,29,30). The molecule has 6 heteroatoms. The van der Waals surface area contributed by atoms with Crippen molar-refractivity contribution in [3.63, 3.8) is 0 Å². The van der Waals surface area contributed by atoms with Gasteiger partial charge in [-0.2, -0.15) is 5.10 Å². The van der Waals surface area contributed by atoms with Gasteiger partial charge in [-0.05, 0) is 63.0 Å². The predicted octanol–water partition coefficient (Wildman–Crippen LogP) is 5.52. The number of fused-ring (bicyclic) bond motifs is 2. The normalized spacial score (nSPS) is 18.8. The number of aromatic amines is 1. The molecular weight excluding hydrogens is 398 g/mol. The van der Waals surface area contributed by atoms with Gasteiger partial charge < -0.3 is 15.5 Å². The molecule has 0 spiro atoms. The molecule has 6 nitrogen and oxygen atoms in total. The van der Waals surface area contributed by atoms with E-state index in [1.165, 1.54) is 11.8 Å². The van der Waals surface area contributed by atoms with Crippen LogP contribution in [0.4, 0.5) is 17.2 Å². The smallest absolute Gasteiger partial charge is 0.227 e. The molecule has 2 atom stereocenters.